The molecule has 2 N–H and O–H groups in total. The van der Waals surface area contributed by atoms with Gasteiger partial charge in [0.15, 0.2) is 0 Å². The van der Waals surface area contributed by atoms with Crippen molar-refractivity contribution in [2.75, 3.05) is 13.1 Å². The van der Waals surface area contributed by atoms with Crippen molar-refractivity contribution in [3.63, 3.8) is 0 Å². The van der Waals surface area contributed by atoms with Gasteiger partial charge in [-0.2, -0.15) is 0 Å². The number of aliphatic hydroxyl groups is 1. The van der Waals surface area contributed by atoms with Gasteiger partial charge in [-0.15, -0.1) is 0 Å². The Bertz CT molecular complexity index is 678. The second-order valence-electron chi connectivity index (χ2n) is 6.28. The molecule has 5 heteroatoms. The van der Waals surface area contributed by atoms with Gasteiger partial charge in [0.25, 0.3) is 0 Å². The molecular formula is C17H23N3O2. The van der Waals surface area contributed by atoms with Crippen LogP contribution < -0.4 is 0 Å². The predicted molar refractivity (Wildman–Crippen MR) is 85.5 cm³/mol. The summed E-state index contributed by atoms with van der Waals surface area (Å²) in [7, 11) is 0. The topological polar surface area (TPSA) is 69.2 Å². The van der Waals surface area contributed by atoms with E-state index in [4.69, 9.17) is 0 Å². The molecule has 0 spiro atoms. The van der Waals surface area contributed by atoms with Crippen LogP contribution in [0.15, 0.2) is 18.2 Å². The van der Waals surface area contributed by atoms with Crippen LogP contribution in [0, 0.1) is 12.8 Å². The molecule has 1 aromatic carbocycles. The van der Waals surface area contributed by atoms with E-state index in [9.17, 15) is 9.90 Å². The zero-order valence-corrected chi connectivity index (χ0v) is 13.2. The van der Waals surface area contributed by atoms with Gasteiger partial charge in [-0.3, -0.25) is 4.79 Å². The molecule has 1 aromatic heterocycles. The first kappa shape index (κ1) is 15.0. The fraction of sp³-hybridized carbons (Fsp3) is 0.529. The van der Waals surface area contributed by atoms with E-state index < -0.39 is 0 Å². The van der Waals surface area contributed by atoms with Crippen LogP contribution in [-0.4, -0.2) is 45.1 Å². The minimum atomic E-state index is -0.337. The van der Waals surface area contributed by atoms with Crippen molar-refractivity contribution in [2.24, 2.45) is 5.92 Å². The number of nitrogens with one attached hydrogen (secondary N) is 1. The summed E-state index contributed by atoms with van der Waals surface area (Å²) in [5, 5.41) is 9.61. The van der Waals surface area contributed by atoms with Gasteiger partial charge >= 0.3 is 0 Å². The van der Waals surface area contributed by atoms with E-state index in [1.54, 1.807) is 6.92 Å². The maximum Gasteiger partial charge on any atom is 0.223 e. The fourth-order valence-corrected chi connectivity index (χ4v) is 3.14. The zero-order valence-electron chi connectivity index (χ0n) is 13.2. The number of amides is 1. The van der Waals surface area contributed by atoms with Crippen molar-refractivity contribution in [3.8, 4) is 0 Å². The van der Waals surface area contributed by atoms with Crippen LogP contribution in [-0.2, 0) is 11.2 Å². The Kier molecular flexibility index (Phi) is 4.16. The lowest BCUT2D eigenvalue weighted by molar-refractivity contribution is -0.130. The summed E-state index contributed by atoms with van der Waals surface area (Å²) < 4.78 is 0. The van der Waals surface area contributed by atoms with Gasteiger partial charge < -0.3 is 15.0 Å². The molecule has 1 aliphatic heterocycles. The number of imidazole rings is 1. The number of likely N-dealkylation sites (tertiary alicyclic amines) is 1. The number of aliphatic hydroxyl groups excluding tert-OH is 1. The Labute approximate surface area is 130 Å². The fourth-order valence-electron chi connectivity index (χ4n) is 3.14. The molecule has 3 rings (SSSR count). The number of nitrogens with zero attached hydrogens (tertiary/aromatic N) is 2. The van der Waals surface area contributed by atoms with Crippen LogP contribution in [0.3, 0.4) is 0 Å². The number of aromatic nitrogens is 2. The van der Waals surface area contributed by atoms with E-state index in [1.165, 1.54) is 0 Å². The van der Waals surface area contributed by atoms with Gasteiger partial charge in [-0.05, 0) is 31.9 Å². The van der Waals surface area contributed by atoms with Crippen molar-refractivity contribution in [3.05, 3.63) is 29.6 Å². The molecule has 2 aromatic rings. The van der Waals surface area contributed by atoms with E-state index in [2.05, 4.69) is 9.97 Å². The van der Waals surface area contributed by atoms with Gasteiger partial charge in [-0.25, -0.2) is 4.98 Å². The molecule has 1 amide bonds. The molecule has 0 radical (unpaired) electrons. The van der Waals surface area contributed by atoms with E-state index in [0.717, 1.165) is 35.4 Å². The molecule has 0 saturated carbocycles. The molecule has 1 fully saturated rings. The van der Waals surface area contributed by atoms with E-state index in [-0.39, 0.29) is 17.9 Å². The molecular weight excluding hydrogens is 278 g/mol. The van der Waals surface area contributed by atoms with Crippen molar-refractivity contribution in [1.82, 2.24) is 14.9 Å². The van der Waals surface area contributed by atoms with Gasteiger partial charge in [0.2, 0.25) is 5.91 Å². The summed E-state index contributed by atoms with van der Waals surface area (Å²) in [6.45, 7) is 5.28. The third-order valence-electron chi connectivity index (χ3n) is 4.60. The van der Waals surface area contributed by atoms with E-state index in [1.807, 2.05) is 30.0 Å². The quantitative estimate of drug-likeness (QED) is 0.908. The minimum absolute atomic E-state index is 0.153. The number of para-hydroxylation sites is 1. The van der Waals surface area contributed by atoms with E-state index in [0.29, 0.717) is 19.4 Å². The molecule has 2 atom stereocenters. The summed E-state index contributed by atoms with van der Waals surface area (Å²) in [6.07, 6.45) is 1.65. The highest BCUT2D eigenvalue weighted by atomic mass is 16.3. The highest BCUT2D eigenvalue weighted by Crippen LogP contribution is 2.21. The normalized spacial score (nSPS) is 19.8. The highest BCUT2D eigenvalue weighted by Gasteiger charge is 2.28. The molecule has 118 valence electrons. The van der Waals surface area contributed by atoms with Crippen molar-refractivity contribution in [2.45, 2.75) is 39.2 Å². The SMILES string of the molecule is Cc1cccc2[nH]c(CCC(=O)N3CCC(C(C)O)C3)nc12. The molecule has 1 aliphatic rings. The molecule has 2 heterocycles. The van der Waals surface area contributed by atoms with Gasteiger partial charge in [0, 0.05) is 31.8 Å². The maximum absolute atomic E-state index is 12.3. The number of hydrogen-bond acceptors (Lipinski definition) is 3. The van der Waals surface area contributed by atoms with Crippen molar-refractivity contribution < 1.29 is 9.90 Å². The average molecular weight is 301 g/mol. The van der Waals surface area contributed by atoms with Crippen molar-refractivity contribution >= 4 is 16.9 Å². The van der Waals surface area contributed by atoms with Crippen LogP contribution >= 0.6 is 0 Å². The molecule has 1 saturated heterocycles. The predicted octanol–water partition coefficient (Wildman–Crippen LogP) is 2.03. The lowest BCUT2D eigenvalue weighted by atomic mass is 10.0. The van der Waals surface area contributed by atoms with E-state index >= 15 is 0 Å². The summed E-state index contributed by atoms with van der Waals surface area (Å²) >= 11 is 0. The third kappa shape index (κ3) is 2.99. The first-order valence-electron chi connectivity index (χ1n) is 7.94. The second-order valence-corrected chi connectivity index (χ2v) is 6.28. The summed E-state index contributed by atoms with van der Waals surface area (Å²) in [5.41, 5.74) is 3.16. The Morgan fingerprint density at radius 2 is 2.36 bits per heavy atom. The largest absolute Gasteiger partial charge is 0.393 e. The number of hydrogen-bond donors (Lipinski definition) is 2. The number of H-pyrrole nitrogens is 1. The third-order valence-corrected chi connectivity index (χ3v) is 4.60. The Morgan fingerprint density at radius 3 is 3.05 bits per heavy atom. The number of aryl methyl sites for hydroxylation is 2. The first-order chi connectivity index (χ1) is 10.5. The molecule has 0 bridgehead atoms. The Morgan fingerprint density at radius 1 is 1.55 bits per heavy atom. The number of rotatable bonds is 4. The van der Waals surface area contributed by atoms with Crippen LogP contribution in [0.1, 0.15) is 31.2 Å². The van der Waals surface area contributed by atoms with Gasteiger partial charge in [0.1, 0.15) is 5.82 Å². The Hall–Kier alpha value is -1.88. The lowest BCUT2D eigenvalue weighted by Gasteiger charge is -2.17. The monoisotopic (exact) mass is 301 g/mol. The first-order valence-corrected chi connectivity index (χ1v) is 7.94. The maximum atomic E-state index is 12.3. The smallest absolute Gasteiger partial charge is 0.223 e. The zero-order chi connectivity index (χ0) is 15.7. The van der Waals surface area contributed by atoms with Crippen LogP contribution in [0.2, 0.25) is 0 Å². The number of aromatic amines is 1. The van der Waals surface area contributed by atoms with Gasteiger partial charge in [0.05, 0.1) is 17.1 Å². The number of fused-ring (bicyclic) bond motifs is 1. The van der Waals surface area contributed by atoms with Gasteiger partial charge in [-0.1, -0.05) is 12.1 Å². The standard InChI is InChI=1S/C17H23N3O2/c1-11-4-3-5-14-17(11)19-15(18-14)6-7-16(22)20-9-8-13(10-20)12(2)21/h3-5,12-13,21H,6-10H2,1-2H3,(H,18,19). The number of carbonyl (C=O) groups excluding carboxylic acids is 1. The summed E-state index contributed by atoms with van der Waals surface area (Å²) in [6, 6.07) is 6.05. The lowest BCUT2D eigenvalue weighted by Crippen LogP contribution is -2.30. The summed E-state index contributed by atoms with van der Waals surface area (Å²) in [5.74, 6) is 1.24. The van der Waals surface area contributed by atoms with Crippen molar-refractivity contribution in [1.29, 1.82) is 0 Å². The molecule has 2 unspecified atom stereocenters. The molecule has 0 aliphatic carbocycles. The highest BCUT2D eigenvalue weighted by molar-refractivity contribution is 5.79. The van der Waals surface area contributed by atoms with Crippen LogP contribution in [0.5, 0.6) is 0 Å². The molecule has 5 nitrogen and oxygen atoms in total. The second kappa shape index (κ2) is 6.08. The van der Waals surface area contributed by atoms with Crippen LogP contribution in [0.4, 0.5) is 0 Å². The minimum Gasteiger partial charge on any atom is -0.393 e. The molecule has 22 heavy (non-hydrogen) atoms. The van der Waals surface area contributed by atoms with Crippen LogP contribution in [0.25, 0.3) is 11.0 Å². The number of benzene rings is 1. The number of carbonyl (C=O) groups is 1. The summed E-state index contributed by atoms with van der Waals surface area (Å²) in [4.78, 5) is 22.0. The Balaban J connectivity index is 1.60. The average Bonchev–Trinajstić information content (AvgIpc) is 3.12.